The Labute approximate surface area is 75.4 Å². The van der Waals surface area contributed by atoms with E-state index in [9.17, 15) is 0 Å². The highest BCUT2D eigenvalue weighted by Gasteiger charge is 2.09. The van der Waals surface area contributed by atoms with E-state index in [4.69, 9.17) is 0 Å². The van der Waals surface area contributed by atoms with E-state index in [1.54, 1.807) is 0 Å². The predicted molar refractivity (Wildman–Crippen MR) is 54.8 cm³/mol. The fourth-order valence-electron chi connectivity index (χ4n) is 1.72. The molecule has 0 amide bonds. The molecule has 0 saturated heterocycles. The van der Waals surface area contributed by atoms with Crippen molar-refractivity contribution in [1.82, 2.24) is 4.98 Å². The summed E-state index contributed by atoms with van der Waals surface area (Å²) in [4.78, 5) is 4.64. The molecule has 1 heterocycles. The van der Waals surface area contributed by atoms with E-state index in [0.29, 0.717) is 0 Å². The molecule has 1 atom stereocenters. The van der Waals surface area contributed by atoms with E-state index in [-0.39, 0.29) is 0 Å². The van der Waals surface area contributed by atoms with Gasteiger partial charge in [-0.25, -0.2) is 0 Å². The van der Waals surface area contributed by atoms with Gasteiger partial charge in [-0.15, -0.1) is 0 Å². The minimum atomic E-state index is 0.840. The number of pyridine rings is 1. The molecule has 1 unspecified atom stereocenters. The number of aryl methyl sites for hydroxylation is 2. The van der Waals surface area contributed by atoms with E-state index in [2.05, 4.69) is 23.8 Å². The van der Waals surface area contributed by atoms with E-state index in [1.807, 2.05) is 0 Å². The third kappa shape index (κ3) is 1.51. The quantitative estimate of drug-likeness (QED) is 0.600. The van der Waals surface area contributed by atoms with Gasteiger partial charge in [0.25, 0.3) is 0 Å². The second-order valence-electron chi connectivity index (χ2n) is 3.26. The number of nitrogens with zero attached hydrogens (tertiary/aromatic N) is 1. The molecule has 64 valence electrons. The van der Waals surface area contributed by atoms with Crippen molar-refractivity contribution in [2.75, 3.05) is 6.66 Å². The number of hydrogen-bond acceptors (Lipinski definition) is 1. The van der Waals surface area contributed by atoms with Crippen molar-refractivity contribution in [3.8, 4) is 0 Å². The van der Waals surface area contributed by atoms with Gasteiger partial charge in [0.2, 0.25) is 0 Å². The summed E-state index contributed by atoms with van der Waals surface area (Å²) in [5, 5.41) is 0. The molecule has 1 aliphatic carbocycles. The van der Waals surface area contributed by atoms with Crippen LogP contribution >= 0.6 is 8.58 Å². The van der Waals surface area contributed by atoms with Crippen LogP contribution in [0.2, 0.25) is 0 Å². The number of hydrogen-bond donors (Lipinski definition) is 0. The molecule has 0 saturated carbocycles. The molecule has 1 aromatic heterocycles. The molecule has 1 aliphatic rings. The molecule has 0 spiro atoms. The zero-order valence-electron chi connectivity index (χ0n) is 7.43. The Balaban J connectivity index is 2.36. The Morgan fingerprint density at radius 3 is 2.92 bits per heavy atom. The summed E-state index contributed by atoms with van der Waals surface area (Å²) < 4.78 is 0. The molecule has 1 aromatic rings. The molecular formula is C10H14NP. The van der Waals surface area contributed by atoms with Gasteiger partial charge < -0.3 is 0 Å². The van der Waals surface area contributed by atoms with Crippen LogP contribution in [0.25, 0.3) is 0 Å². The van der Waals surface area contributed by atoms with Crippen LogP contribution < -0.4 is 5.44 Å². The minimum Gasteiger partial charge on any atom is -0.253 e. The van der Waals surface area contributed by atoms with Crippen molar-refractivity contribution >= 4 is 14.0 Å². The highest BCUT2D eigenvalue weighted by atomic mass is 31.1. The number of fused-ring (bicyclic) bond motifs is 1. The minimum absolute atomic E-state index is 0.840. The normalized spacial score (nSPS) is 16.8. The molecule has 12 heavy (non-hydrogen) atoms. The third-order valence-corrected chi connectivity index (χ3v) is 3.23. The van der Waals surface area contributed by atoms with Gasteiger partial charge in [0.15, 0.2) is 0 Å². The molecule has 0 radical (unpaired) electrons. The average Bonchev–Trinajstić information content (AvgIpc) is 2.17. The summed E-state index contributed by atoms with van der Waals surface area (Å²) in [6.45, 7) is 2.19. The fraction of sp³-hybridized carbons (Fsp3) is 0.500. The van der Waals surface area contributed by atoms with Gasteiger partial charge in [-0.2, -0.15) is 0 Å². The molecule has 0 aliphatic heterocycles. The molecule has 2 rings (SSSR count). The second-order valence-corrected chi connectivity index (χ2v) is 4.27. The Kier molecular flexibility index (Phi) is 2.41. The lowest BCUT2D eigenvalue weighted by Crippen LogP contribution is -2.11. The molecule has 0 fully saturated rings. The summed E-state index contributed by atoms with van der Waals surface area (Å²) in [5.41, 5.74) is 4.13. The van der Waals surface area contributed by atoms with Crippen LogP contribution in [0.5, 0.6) is 0 Å². The van der Waals surface area contributed by atoms with Gasteiger partial charge >= 0.3 is 0 Å². The largest absolute Gasteiger partial charge is 0.253 e. The zero-order chi connectivity index (χ0) is 8.39. The summed E-state index contributed by atoms with van der Waals surface area (Å²) in [7, 11) is 0.840. The van der Waals surface area contributed by atoms with Crippen molar-refractivity contribution in [2.24, 2.45) is 0 Å². The van der Waals surface area contributed by atoms with Gasteiger partial charge in [-0.1, -0.05) is 14.6 Å². The van der Waals surface area contributed by atoms with Crippen LogP contribution in [0.1, 0.15) is 24.1 Å². The van der Waals surface area contributed by atoms with Gasteiger partial charge in [0, 0.05) is 5.69 Å². The Morgan fingerprint density at radius 1 is 1.25 bits per heavy atom. The predicted octanol–water partition coefficient (Wildman–Crippen LogP) is 1.89. The average molecular weight is 179 g/mol. The van der Waals surface area contributed by atoms with Crippen molar-refractivity contribution in [3.63, 3.8) is 0 Å². The van der Waals surface area contributed by atoms with Gasteiger partial charge in [0.05, 0.1) is 5.44 Å². The lowest BCUT2D eigenvalue weighted by atomic mass is 9.96. The maximum Gasteiger partial charge on any atom is 0.0600 e. The monoisotopic (exact) mass is 179 g/mol. The van der Waals surface area contributed by atoms with Crippen LogP contribution in [0.15, 0.2) is 12.1 Å². The first-order valence-corrected chi connectivity index (χ1v) is 6.07. The van der Waals surface area contributed by atoms with Crippen LogP contribution in [-0.4, -0.2) is 11.6 Å². The fourth-order valence-corrected chi connectivity index (χ4v) is 2.22. The van der Waals surface area contributed by atoms with Crippen molar-refractivity contribution in [1.29, 1.82) is 0 Å². The highest BCUT2D eigenvalue weighted by molar-refractivity contribution is 7.45. The van der Waals surface area contributed by atoms with Crippen LogP contribution in [0.4, 0.5) is 0 Å². The van der Waals surface area contributed by atoms with Gasteiger partial charge in [-0.3, -0.25) is 4.98 Å². The first kappa shape index (κ1) is 8.19. The Morgan fingerprint density at radius 2 is 2.08 bits per heavy atom. The zero-order valence-corrected chi connectivity index (χ0v) is 8.43. The van der Waals surface area contributed by atoms with Crippen molar-refractivity contribution < 1.29 is 0 Å². The molecule has 0 bridgehead atoms. The first-order chi connectivity index (χ1) is 5.90. The summed E-state index contributed by atoms with van der Waals surface area (Å²) in [5.74, 6) is 0. The van der Waals surface area contributed by atoms with E-state index in [1.165, 1.54) is 42.4 Å². The standard InChI is InChI=1S/C10H14NP/c1-12-10-7-6-8-4-2-3-5-9(8)11-10/h6-7,12H,2-5H2,1H3. The molecule has 2 heteroatoms. The lowest BCUT2D eigenvalue weighted by Gasteiger charge is -2.14. The van der Waals surface area contributed by atoms with E-state index < -0.39 is 0 Å². The lowest BCUT2D eigenvalue weighted by molar-refractivity contribution is 0.670. The number of rotatable bonds is 1. The molecule has 0 aromatic carbocycles. The summed E-state index contributed by atoms with van der Waals surface area (Å²) in [6, 6.07) is 4.45. The first-order valence-electron chi connectivity index (χ1n) is 4.57. The van der Waals surface area contributed by atoms with Crippen molar-refractivity contribution in [3.05, 3.63) is 23.4 Å². The second kappa shape index (κ2) is 3.53. The topological polar surface area (TPSA) is 12.9 Å². The van der Waals surface area contributed by atoms with Crippen LogP contribution in [0.3, 0.4) is 0 Å². The van der Waals surface area contributed by atoms with Crippen molar-refractivity contribution in [2.45, 2.75) is 25.7 Å². The van der Waals surface area contributed by atoms with E-state index in [0.717, 1.165) is 8.58 Å². The molecular weight excluding hydrogens is 165 g/mol. The Bertz CT molecular complexity index is 283. The van der Waals surface area contributed by atoms with Gasteiger partial charge in [0.1, 0.15) is 0 Å². The Hall–Kier alpha value is -0.420. The smallest absolute Gasteiger partial charge is 0.0600 e. The highest BCUT2D eigenvalue weighted by Crippen LogP contribution is 2.18. The van der Waals surface area contributed by atoms with Crippen LogP contribution in [0, 0.1) is 0 Å². The third-order valence-electron chi connectivity index (χ3n) is 2.43. The van der Waals surface area contributed by atoms with Crippen LogP contribution in [-0.2, 0) is 12.8 Å². The van der Waals surface area contributed by atoms with E-state index >= 15 is 0 Å². The maximum atomic E-state index is 4.64. The molecule has 1 nitrogen and oxygen atoms in total. The van der Waals surface area contributed by atoms with Gasteiger partial charge in [-0.05, 0) is 44.0 Å². The number of aromatic nitrogens is 1. The SMILES string of the molecule is CPc1ccc2c(n1)CCCC2. The molecule has 0 N–H and O–H groups in total. The summed E-state index contributed by atoms with van der Waals surface area (Å²) in [6.07, 6.45) is 5.13. The maximum absolute atomic E-state index is 4.64. The summed E-state index contributed by atoms with van der Waals surface area (Å²) >= 11 is 0.